The standard InChI is InChI=1S/C17H36N2O/c1-6-7-16(4,13-18-12-15(2)3)14-19-10-8-17(5,20)9-11-19/h15,18,20H,6-14H2,1-5H3. The second-order valence-corrected chi connectivity index (χ2v) is 7.86. The van der Waals surface area contributed by atoms with Crippen molar-refractivity contribution in [1.29, 1.82) is 0 Å². The Morgan fingerprint density at radius 2 is 1.90 bits per heavy atom. The zero-order chi connectivity index (χ0) is 15.2. The minimum absolute atomic E-state index is 0.354. The van der Waals surface area contributed by atoms with Crippen LogP contribution in [0.5, 0.6) is 0 Å². The van der Waals surface area contributed by atoms with Crippen LogP contribution >= 0.6 is 0 Å². The van der Waals surface area contributed by atoms with Crippen molar-refractivity contribution in [2.75, 3.05) is 32.7 Å². The van der Waals surface area contributed by atoms with Gasteiger partial charge in [0.05, 0.1) is 5.60 Å². The normalized spacial score (nSPS) is 22.9. The topological polar surface area (TPSA) is 35.5 Å². The molecular formula is C17H36N2O. The average Bonchev–Trinajstić information content (AvgIpc) is 2.32. The van der Waals surface area contributed by atoms with Gasteiger partial charge in [-0.05, 0) is 44.1 Å². The van der Waals surface area contributed by atoms with Crippen molar-refractivity contribution < 1.29 is 5.11 Å². The van der Waals surface area contributed by atoms with Gasteiger partial charge in [-0.2, -0.15) is 0 Å². The van der Waals surface area contributed by atoms with Crippen LogP contribution in [0.4, 0.5) is 0 Å². The van der Waals surface area contributed by atoms with Crippen LogP contribution in [0, 0.1) is 11.3 Å². The lowest BCUT2D eigenvalue weighted by molar-refractivity contribution is -0.0154. The smallest absolute Gasteiger partial charge is 0.0644 e. The number of nitrogens with one attached hydrogen (secondary N) is 1. The highest BCUT2D eigenvalue weighted by Gasteiger charge is 2.31. The molecule has 20 heavy (non-hydrogen) atoms. The molecule has 3 heteroatoms. The number of nitrogens with zero attached hydrogens (tertiary/aromatic N) is 1. The number of hydrogen-bond donors (Lipinski definition) is 2. The van der Waals surface area contributed by atoms with Gasteiger partial charge in [0.2, 0.25) is 0 Å². The molecule has 2 N–H and O–H groups in total. The summed E-state index contributed by atoms with van der Waals surface area (Å²) >= 11 is 0. The van der Waals surface area contributed by atoms with E-state index in [0.717, 1.165) is 45.6 Å². The number of rotatable bonds is 8. The van der Waals surface area contributed by atoms with Crippen LogP contribution < -0.4 is 5.32 Å². The molecule has 1 rings (SSSR count). The maximum Gasteiger partial charge on any atom is 0.0644 e. The van der Waals surface area contributed by atoms with E-state index in [9.17, 15) is 5.11 Å². The lowest BCUT2D eigenvalue weighted by Gasteiger charge is -2.41. The number of piperidine rings is 1. The first kappa shape index (κ1) is 17.9. The number of hydrogen-bond acceptors (Lipinski definition) is 3. The van der Waals surface area contributed by atoms with E-state index in [2.05, 4.69) is 37.9 Å². The Morgan fingerprint density at radius 3 is 2.40 bits per heavy atom. The summed E-state index contributed by atoms with van der Waals surface area (Å²) in [5.74, 6) is 0.714. The van der Waals surface area contributed by atoms with Gasteiger partial charge < -0.3 is 15.3 Å². The highest BCUT2D eigenvalue weighted by molar-refractivity contribution is 4.86. The summed E-state index contributed by atoms with van der Waals surface area (Å²) in [6.07, 6.45) is 4.33. The zero-order valence-corrected chi connectivity index (χ0v) is 14.3. The van der Waals surface area contributed by atoms with Crippen LogP contribution in [-0.4, -0.2) is 48.3 Å². The van der Waals surface area contributed by atoms with Gasteiger partial charge in [-0.3, -0.25) is 0 Å². The average molecular weight is 284 g/mol. The van der Waals surface area contributed by atoms with Crippen LogP contribution in [0.25, 0.3) is 0 Å². The van der Waals surface area contributed by atoms with Gasteiger partial charge in [0.25, 0.3) is 0 Å². The molecule has 1 heterocycles. The van der Waals surface area contributed by atoms with Crippen LogP contribution in [0.15, 0.2) is 0 Å². The van der Waals surface area contributed by atoms with E-state index >= 15 is 0 Å². The largest absolute Gasteiger partial charge is 0.390 e. The minimum Gasteiger partial charge on any atom is -0.390 e. The highest BCUT2D eigenvalue weighted by atomic mass is 16.3. The molecule has 0 amide bonds. The second-order valence-electron chi connectivity index (χ2n) is 7.86. The summed E-state index contributed by atoms with van der Waals surface area (Å²) in [7, 11) is 0. The van der Waals surface area contributed by atoms with Crippen LogP contribution in [0.2, 0.25) is 0 Å². The summed E-state index contributed by atoms with van der Waals surface area (Å²) in [6.45, 7) is 16.6. The van der Waals surface area contributed by atoms with Crippen molar-refractivity contribution in [1.82, 2.24) is 10.2 Å². The third-order valence-electron chi connectivity index (χ3n) is 4.50. The van der Waals surface area contributed by atoms with Crippen LogP contribution in [0.1, 0.15) is 60.3 Å². The molecule has 1 saturated heterocycles. The highest BCUT2D eigenvalue weighted by Crippen LogP contribution is 2.28. The van der Waals surface area contributed by atoms with Crippen molar-refractivity contribution in [3.8, 4) is 0 Å². The molecule has 0 bridgehead atoms. The van der Waals surface area contributed by atoms with E-state index in [1.54, 1.807) is 0 Å². The molecule has 0 aromatic heterocycles. The quantitative estimate of drug-likeness (QED) is 0.719. The number of likely N-dealkylation sites (tertiary alicyclic amines) is 1. The van der Waals surface area contributed by atoms with Crippen molar-refractivity contribution in [2.24, 2.45) is 11.3 Å². The van der Waals surface area contributed by atoms with Gasteiger partial charge in [0.1, 0.15) is 0 Å². The molecule has 120 valence electrons. The molecule has 1 aliphatic heterocycles. The van der Waals surface area contributed by atoms with Crippen molar-refractivity contribution in [3.63, 3.8) is 0 Å². The molecule has 0 radical (unpaired) electrons. The van der Waals surface area contributed by atoms with E-state index in [-0.39, 0.29) is 0 Å². The van der Waals surface area contributed by atoms with E-state index in [4.69, 9.17) is 0 Å². The monoisotopic (exact) mass is 284 g/mol. The van der Waals surface area contributed by atoms with Gasteiger partial charge in [0.15, 0.2) is 0 Å². The molecule has 0 saturated carbocycles. The fourth-order valence-corrected chi connectivity index (χ4v) is 3.22. The first-order valence-corrected chi connectivity index (χ1v) is 8.42. The van der Waals surface area contributed by atoms with Crippen molar-refractivity contribution in [2.45, 2.75) is 65.9 Å². The predicted octanol–water partition coefficient (Wildman–Crippen LogP) is 2.89. The Bertz CT molecular complexity index is 268. The molecule has 0 aromatic rings. The fraction of sp³-hybridized carbons (Fsp3) is 1.00. The van der Waals surface area contributed by atoms with E-state index in [1.165, 1.54) is 12.8 Å². The molecule has 1 unspecified atom stereocenters. The Morgan fingerprint density at radius 1 is 1.30 bits per heavy atom. The van der Waals surface area contributed by atoms with Gasteiger partial charge in [-0.15, -0.1) is 0 Å². The van der Waals surface area contributed by atoms with E-state index < -0.39 is 5.60 Å². The summed E-state index contributed by atoms with van der Waals surface area (Å²) in [5.41, 5.74) is -0.0829. The fourth-order valence-electron chi connectivity index (χ4n) is 3.22. The third-order valence-corrected chi connectivity index (χ3v) is 4.50. The SMILES string of the molecule is CCCC(C)(CNCC(C)C)CN1CCC(C)(O)CC1. The summed E-state index contributed by atoms with van der Waals surface area (Å²) in [6, 6.07) is 0. The molecule has 1 fully saturated rings. The zero-order valence-electron chi connectivity index (χ0n) is 14.3. The lowest BCUT2D eigenvalue weighted by atomic mass is 9.83. The summed E-state index contributed by atoms with van der Waals surface area (Å²) < 4.78 is 0. The Kier molecular flexibility index (Phi) is 6.96. The molecule has 0 spiro atoms. The Hall–Kier alpha value is -0.120. The van der Waals surface area contributed by atoms with Gasteiger partial charge in [-0.25, -0.2) is 0 Å². The molecule has 0 aliphatic carbocycles. The first-order valence-electron chi connectivity index (χ1n) is 8.42. The van der Waals surface area contributed by atoms with Crippen LogP contribution in [0.3, 0.4) is 0 Å². The Labute approximate surface area is 126 Å². The van der Waals surface area contributed by atoms with E-state index in [1.807, 2.05) is 6.92 Å². The predicted molar refractivity (Wildman–Crippen MR) is 87.0 cm³/mol. The summed E-state index contributed by atoms with van der Waals surface area (Å²) in [4.78, 5) is 2.55. The van der Waals surface area contributed by atoms with Crippen molar-refractivity contribution >= 4 is 0 Å². The molecule has 1 atom stereocenters. The van der Waals surface area contributed by atoms with Crippen LogP contribution in [-0.2, 0) is 0 Å². The van der Waals surface area contributed by atoms with Gasteiger partial charge in [-0.1, -0.05) is 34.1 Å². The molecular weight excluding hydrogens is 248 g/mol. The third kappa shape index (κ3) is 6.55. The van der Waals surface area contributed by atoms with E-state index in [0.29, 0.717) is 11.3 Å². The molecule has 0 aromatic carbocycles. The summed E-state index contributed by atoms with van der Waals surface area (Å²) in [5, 5.41) is 13.7. The second kappa shape index (κ2) is 7.77. The maximum absolute atomic E-state index is 10.1. The lowest BCUT2D eigenvalue weighted by Crippen LogP contribution is -2.48. The van der Waals surface area contributed by atoms with Crippen molar-refractivity contribution in [3.05, 3.63) is 0 Å². The maximum atomic E-state index is 10.1. The number of aliphatic hydroxyl groups is 1. The Balaban J connectivity index is 2.44. The van der Waals surface area contributed by atoms with Gasteiger partial charge in [0, 0.05) is 26.2 Å². The first-order chi connectivity index (χ1) is 9.26. The minimum atomic E-state index is -0.437. The van der Waals surface area contributed by atoms with Gasteiger partial charge >= 0.3 is 0 Å². The molecule has 3 nitrogen and oxygen atoms in total. The molecule has 1 aliphatic rings.